The van der Waals surface area contributed by atoms with Gasteiger partial charge in [-0.25, -0.2) is 4.79 Å². The molecule has 0 aliphatic rings. The molecule has 2 rings (SSSR count). The van der Waals surface area contributed by atoms with Crippen molar-refractivity contribution in [3.8, 4) is 5.75 Å². The highest BCUT2D eigenvalue weighted by Crippen LogP contribution is 2.21. The van der Waals surface area contributed by atoms with Crippen molar-refractivity contribution >= 4 is 17.6 Å². The van der Waals surface area contributed by atoms with Gasteiger partial charge in [0.05, 0.1) is 6.54 Å². The molecule has 0 bridgehead atoms. The molecule has 0 aliphatic carbocycles. The number of aryl methyl sites for hydroxylation is 2. The summed E-state index contributed by atoms with van der Waals surface area (Å²) in [6.07, 6.45) is 0.839. The van der Waals surface area contributed by atoms with Crippen LogP contribution >= 0.6 is 0 Å². The third-order valence-corrected chi connectivity index (χ3v) is 4.78. The summed E-state index contributed by atoms with van der Waals surface area (Å²) in [6, 6.07) is 12.5. The van der Waals surface area contributed by atoms with E-state index >= 15 is 0 Å². The predicted molar refractivity (Wildman–Crippen MR) is 117 cm³/mol. The minimum Gasteiger partial charge on any atom is -0.491 e. The fourth-order valence-corrected chi connectivity index (χ4v) is 2.69. The zero-order chi connectivity index (χ0) is 21.4. The SMILES string of the molecule is CCC(C)(C)NC(=O)c1ccc(NC(=O)NCCOc2c(C)cccc2C)cc1. The van der Waals surface area contributed by atoms with E-state index in [1.165, 1.54) is 0 Å². The molecule has 0 atom stereocenters. The van der Waals surface area contributed by atoms with Gasteiger partial charge in [0.2, 0.25) is 0 Å². The molecule has 0 radical (unpaired) electrons. The lowest BCUT2D eigenvalue weighted by molar-refractivity contribution is 0.0911. The van der Waals surface area contributed by atoms with Crippen LogP contribution in [0.15, 0.2) is 42.5 Å². The van der Waals surface area contributed by atoms with Crippen LogP contribution in [-0.2, 0) is 0 Å². The Morgan fingerprint density at radius 1 is 1.00 bits per heavy atom. The van der Waals surface area contributed by atoms with Crippen LogP contribution < -0.4 is 20.7 Å². The summed E-state index contributed by atoms with van der Waals surface area (Å²) in [7, 11) is 0. The van der Waals surface area contributed by atoms with Gasteiger partial charge in [-0.05, 0) is 69.5 Å². The lowest BCUT2D eigenvalue weighted by atomic mass is 10.0. The smallest absolute Gasteiger partial charge is 0.319 e. The molecule has 0 aliphatic heterocycles. The zero-order valence-electron chi connectivity index (χ0n) is 17.9. The van der Waals surface area contributed by atoms with E-state index < -0.39 is 0 Å². The third kappa shape index (κ3) is 6.82. The molecule has 29 heavy (non-hydrogen) atoms. The van der Waals surface area contributed by atoms with Gasteiger partial charge in [-0.2, -0.15) is 0 Å². The molecule has 0 saturated carbocycles. The quantitative estimate of drug-likeness (QED) is 0.577. The van der Waals surface area contributed by atoms with Crippen molar-refractivity contribution in [2.45, 2.75) is 46.6 Å². The predicted octanol–water partition coefficient (Wildman–Crippen LogP) is 4.42. The number of hydrogen-bond donors (Lipinski definition) is 3. The summed E-state index contributed by atoms with van der Waals surface area (Å²) in [5.74, 6) is 0.728. The van der Waals surface area contributed by atoms with E-state index in [-0.39, 0.29) is 17.5 Å². The van der Waals surface area contributed by atoms with E-state index in [1.807, 2.05) is 52.8 Å². The summed E-state index contributed by atoms with van der Waals surface area (Å²) >= 11 is 0. The van der Waals surface area contributed by atoms with Crippen LogP contribution in [0, 0.1) is 13.8 Å². The van der Waals surface area contributed by atoms with E-state index in [1.54, 1.807) is 24.3 Å². The number of carbonyl (C=O) groups excluding carboxylic acids is 2. The number of carbonyl (C=O) groups is 2. The number of rotatable bonds is 8. The van der Waals surface area contributed by atoms with E-state index in [0.29, 0.717) is 24.4 Å². The standard InChI is InChI=1S/C23H31N3O3/c1-6-23(4,5)26-21(27)18-10-12-19(13-11-18)25-22(28)24-14-15-29-20-16(2)8-7-9-17(20)3/h7-13H,6,14-15H2,1-5H3,(H,26,27)(H2,24,25,28). The van der Waals surface area contributed by atoms with Gasteiger partial charge in [-0.1, -0.05) is 25.1 Å². The zero-order valence-corrected chi connectivity index (χ0v) is 17.9. The fraction of sp³-hybridized carbons (Fsp3) is 0.391. The molecule has 0 fully saturated rings. The minimum absolute atomic E-state index is 0.128. The first-order valence-corrected chi connectivity index (χ1v) is 9.88. The molecule has 0 saturated heterocycles. The van der Waals surface area contributed by atoms with E-state index in [4.69, 9.17) is 4.74 Å². The minimum atomic E-state index is -0.320. The maximum absolute atomic E-state index is 12.3. The number of anilines is 1. The Labute approximate surface area is 173 Å². The van der Waals surface area contributed by atoms with Crippen molar-refractivity contribution in [2.75, 3.05) is 18.5 Å². The van der Waals surface area contributed by atoms with Crippen molar-refractivity contribution in [1.82, 2.24) is 10.6 Å². The van der Waals surface area contributed by atoms with Gasteiger partial charge in [0.1, 0.15) is 12.4 Å². The second-order valence-electron chi connectivity index (χ2n) is 7.72. The van der Waals surface area contributed by atoms with Crippen LogP contribution in [0.1, 0.15) is 48.7 Å². The molecule has 0 unspecified atom stereocenters. The van der Waals surface area contributed by atoms with Crippen molar-refractivity contribution < 1.29 is 14.3 Å². The first kappa shape index (κ1) is 22.3. The van der Waals surface area contributed by atoms with E-state index in [9.17, 15) is 9.59 Å². The molecule has 3 N–H and O–H groups in total. The van der Waals surface area contributed by atoms with Crippen LogP contribution in [0.5, 0.6) is 5.75 Å². The summed E-state index contributed by atoms with van der Waals surface area (Å²) < 4.78 is 5.77. The maximum Gasteiger partial charge on any atom is 0.319 e. The van der Waals surface area contributed by atoms with Crippen molar-refractivity contribution in [2.24, 2.45) is 0 Å². The van der Waals surface area contributed by atoms with Gasteiger partial charge in [0.15, 0.2) is 0 Å². The van der Waals surface area contributed by atoms with Gasteiger partial charge in [-0.3, -0.25) is 4.79 Å². The number of ether oxygens (including phenoxy) is 1. The summed E-state index contributed by atoms with van der Waals surface area (Å²) in [4.78, 5) is 24.3. The Bertz CT molecular complexity index is 825. The molecule has 6 heteroatoms. The van der Waals surface area contributed by atoms with Crippen molar-refractivity contribution in [1.29, 1.82) is 0 Å². The number of hydrogen-bond acceptors (Lipinski definition) is 3. The number of urea groups is 1. The van der Waals surface area contributed by atoms with Gasteiger partial charge >= 0.3 is 6.03 Å². The second-order valence-corrected chi connectivity index (χ2v) is 7.72. The molecule has 156 valence electrons. The monoisotopic (exact) mass is 397 g/mol. The van der Waals surface area contributed by atoms with Crippen LogP contribution in [0.25, 0.3) is 0 Å². The number of para-hydroxylation sites is 1. The van der Waals surface area contributed by atoms with Gasteiger partial charge < -0.3 is 20.7 Å². The molecule has 0 spiro atoms. The molecule has 2 aromatic rings. The molecule has 0 aromatic heterocycles. The Kier molecular flexibility index (Phi) is 7.65. The van der Waals surface area contributed by atoms with Crippen molar-refractivity contribution in [3.05, 3.63) is 59.2 Å². The number of benzene rings is 2. The average molecular weight is 398 g/mol. The molecule has 0 heterocycles. The van der Waals surface area contributed by atoms with Crippen molar-refractivity contribution in [3.63, 3.8) is 0 Å². The summed E-state index contributed by atoms with van der Waals surface area (Å²) in [5, 5.41) is 8.50. The van der Waals surface area contributed by atoms with Gasteiger partial charge in [0.25, 0.3) is 5.91 Å². The Balaban J connectivity index is 1.78. The second kappa shape index (κ2) is 9.96. The Hall–Kier alpha value is -3.02. The highest BCUT2D eigenvalue weighted by Gasteiger charge is 2.18. The highest BCUT2D eigenvalue weighted by molar-refractivity contribution is 5.95. The topological polar surface area (TPSA) is 79.5 Å². The van der Waals surface area contributed by atoms with Crippen LogP contribution in [0.4, 0.5) is 10.5 Å². The molecule has 3 amide bonds. The molecular weight excluding hydrogens is 366 g/mol. The maximum atomic E-state index is 12.3. The summed E-state index contributed by atoms with van der Waals surface area (Å²) in [6.45, 7) is 10.7. The average Bonchev–Trinajstić information content (AvgIpc) is 2.67. The largest absolute Gasteiger partial charge is 0.491 e. The molecule has 6 nitrogen and oxygen atoms in total. The van der Waals surface area contributed by atoms with Gasteiger partial charge in [-0.15, -0.1) is 0 Å². The Morgan fingerprint density at radius 3 is 2.21 bits per heavy atom. The first-order chi connectivity index (χ1) is 13.7. The number of nitrogens with one attached hydrogen (secondary N) is 3. The lowest BCUT2D eigenvalue weighted by Crippen LogP contribution is -2.42. The highest BCUT2D eigenvalue weighted by atomic mass is 16.5. The normalized spacial score (nSPS) is 10.9. The Morgan fingerprint density at radius 2 is 1.62 bits per heavy atom. The fourth-order valence-electron chi connectivity index (χ4n) is 2.69. The van der Waals surface area contributed by atoms with Crippen LogP contribution in [0.2, 0.25) is 0 Å². The molecule has 2 aromatic carbocycles. The number of amides is 3. The third-order valence-electron chi connectivity index (χ3n) is 4.78. The first-order valence-electron chi connectivity index (χ1n) is 9.88. The lowest BCUT2D eigenvalue weighted by Gasteiger charge is -2.24. The summed E-state index contributed by atoms with van der Waals surface area (Å²) in [5.41, 5.74) is 3.05. The van der Waals surface area contributed by atoms with E-state index in [2.05, 4.69) is 16.0 Å². The molecular formula is C23H31N3O3. The van der Waals surface area contributed by atoms with Crippen LogP contribution in [-0.4, -0.2) is 30.6 Å². The van der Waals surface area contributed by atoms with E-state index in [0.717, 1.165) is 23.3 Å². The van der Waals surface area contributed by atoms with Crippen LogP contribution in [0.3, 0.4) is 0 Å². The van der Waals surface area contributed by atoms with Gasteiger partial charge in [0, 0.05) is 16.8 Å².